The van der Waals surface area contributed by atoms with Gasteiger partial charge >= 0.3 is 0 Å². The molecule has 0 aliphatic heterocycles. The molecule has 3 heteroatoms. The van der Waals surface area contributed by atoms with Crippen LogP contribution < -0.4 is 0 Å². The van der Waals surface area contributed by atoms with Gasteiger partial charge in [0.2, 0.25) is 0 Å². The van der Waals surface area contributed by atoms with E-state index in [2.05, 4.69) is 15.5 Å². The fourth-order valence-electron chi connectivity index (χ4n) is 1.68. The first kappa shape index (κ1) is 11.1. The molecule has 0 saturated heterocycles. The number of nitrogens with zero attached hydrogens (tertiary/aromatic N) is 2. The van der Waals surface area contributed by atoms with E-state index in [1.807, 2.05) is 54.9 Å². The molecule has 16 heavy (non-hydrogen) atoms. The van der Waals surface area contributed by atoms with Gasteiger partial charge in [0, 0.05) is 32.5 Å². The van der Waals surface area contributed by atoms with E-state index in [1.165, 1.54) is 0 Å². The molecule has 0 aliphatic carbocycles. The number of aromatic nitrogens is 2. The molecular formula is C13H9IrN2-. The van der Waals surface area contributed by atoms with Crippen molar-refractivity contribution < 1.29 is 20.1 Å². The monoisotopic (exact) mass is 386 g/mol. The van der Waals surface area contributed by atoms with Gasteiger partial charge in [-0.2, -0.15) is 0 Å². The van der Waals surface area contributed by atoms with Crippen LogP contribution in [0.15, 0.2) is 54.9 Å². The summed E-state index contributed by atoms with van der Waals surface area (Å²) in [5.41, 5.74) is 2.12. The van der Waals surface area contributed by atoms with Gasteiger partial charge in [-0.25, -0.2) is 0 Å². The molecule has 0 amide bonds. The van der Waals surface area contributed by atoms with E-state index < -0.39 is 0 Å². The topological polar surface area (TPSA) is 17.3 Å². The Morgan fingerprint density at radius 3 is 2.75 bits per heavy atom. The van der Waals surface area contributed by atoms with Gasteiger partial charge in [0.25, 0.3) is 0 Å². The summed E-state index contributed by atoms with van der Waals surface area (Å²) < 4.78 is 2.06. The van der Waals surface area contributed by atoms with Crippen LogP contribution in [0.4, 0.5) is 0 Å². The van der Waals surface area contributed by atoms with Crippen molar-refractivity contribution in [3.8, 4) is 11.4 Å². The van der Waals surface area contributed by atoms with E-state index >= 15 is 0 Å². The largest absolute Gasteiger partial charge is 0.340 e. The van der Waals surface area contributed by atoms with Crippen LogP contribution in [0.5, 0.6) is 0 Å². The van der Waals surface area contributed by atoms with E-state index in [4.69, 9.17) is 0 Å². The second-order valence-electron chi connectivity index (χ2n) is 3.35. The SMILES string of the molecule is [Ir].[c-]1ccccc1-c1ncc2ccccn12. The van der Waals surface area contributed by atoms with E-state index in [9.17, 15) is 0 Å². The van der Waals surface area contributed by atoms with Gasteiger partial charge < -0.3 is 4.40 Å². The number of benzene rings is 1. The Hall–Kier alpha value is -1.44. The molecule has 0 N–H and O–H groups in total. The van der Waals surface area contributed by atoms with Gasteiger partial charge in [-0.05, 0) is 12.1 Å². The molecule has 0 saturated carbocycles. The number of fused-ring (bicyclic) bond motifs is 1. The van der Waals surface area contributed by atoms with Crippen LogP contribution >= 0.6 is 0 Å². The van der Waals surface area contributed by atoms with E-state index in [0.29, 0.717) is 0 Å². The molecule has 3 aromatic rings. The fraction of sp³-hybridized carbons (Fsp3) is 0. The summed E-state index contributed by atoms with van der Waals surface area (Å²) in [6.45, 7) is 0. The zero-order valence-corrected chi connectivity index (χ0v) is 10.8. The van der Waals surface area contributed by atoms with Crippen molar-refractivity contribution in [1.82, 2.24) is 9.38 Å². The fourth-order valence-corrected chi connectivity index (χ4v) is 1.68. The number of hydrogen-bond acceptors (Lipinski definition) is 1. The maximum Gasteiger partial charge on any atom is 0.0602 e. The van der Waals surface area contributed by atoms with Crippen LogP contribution in [0, 0.1) is 6.07 Å². The van der Waals surface area contributed by atoms with Crippen molar-refractivity contribution in [2.45, 2.75) is 0 Å². The predicted molar refractivity (Wildman–Crippen MR) is 59.5 cm³/mol. The molecule has 3 rings (SSSR count). The summed E-state index contributed by atoms with van der Waals surface area (Å²) in [4.78, 5) is 4.40. The van der Waals surface area contributed by atoms with Gasteiger partial charge in [-0.3, -0.25) is 4.98 Å². The average molecular weight is 385 g/mol. The molecule has 0 bridgehead atoms. The van der Waals surface area contributed by atoms with Gasteiger partial charge in [0.05, 0.1) is 11.3 Å². The first-order chi connectivity index (χ1) is 7.45. The van der Waals surface area contributed by atoms with Crippen LogP contribution in [0.1, 0.15) is 0 Å². The second kappa shape index (κ2) is 4.60. The molecule has 0 atom stereocenters. The van der Waals surface area contributed by atoms with E-state index in [0.717, 1.165) is 16.9 Å². The minimum Gasteiger partial charge on any atom is -0.340 e. The quantitative estimate of drug-likeness (QED) is 0.589. The van der Waals surface area contributed by atoms with Crippen molar-refractivity contribution in [3.05, 3.63) is 60.9 Å². The Kier molecular flexibility index (Phi) is 3.18. The summed E-state index contributed by atoms with van der Waals surface area (Å²) in [7, 11) is 0. The molecule has 0 fully saturated rings. The molecule has 2 nitrogen and oxygen atoms in total. The van der Waals surface area contributed by atoms with Crippen molar-refractivity contribution in [2.24, 2.45) is 0 Å². The minimum absolute atomic E-state index is 0. The van der Waals surface area contributed by atoms with Crippen molar-refractivity contribution in [2.75, 3.05) is 0 Å². The van der Waals surface area contributed by atoms with Crippen molar-refractivity contribution in [1.29, 1.82) is 0 Å². The third kappa shape index (κ3) is 1.80. The molecule has 2 heterocycles. The Balaban J connectivity index is 0.000000963. The summed E-state index contributed by atoms with van der Waals surface area (Å²) in [6.07, 6.45) is 3.88. The molecule has 0 spiro atoms. The number of imidazole rings is 1. The van der Waals surface area contributed by atoms with Crippen LogP contribution in [-0.4, -0.2) is 9.38 Å². The van der Waals surface area contributed by atoms with Crippen LogP contribution in [0.3, 0.4) is 0 Å². The third-order valence-electron chi connectivity index (χ3n) is 2.39. The molecule has 0 aliphatic rings. The maximum atomic E-state index is 4.40. The van der Waals surface area contributed by atoms with E-state index in [-0.39, 0.29) is 20.1 Å². The van der Waals surface area contributed by atoms with Crippen molar-refractivity contribution >= 4 is 5.52 Å². The zero-order chi connectivity index (χ0) is 10.1. The smallest absolute Gasteiger partial charge is 0.0602 e. The third-order valence-corrected chi connectivity index (χ3v) is 2.39. The van der Waals surface area contributed by atoms with Crippen LogP contribution in [0.2, 0.25) is 0 Å². The molecule has 0 unspecified atom stereocenters. The first-order valence-electron chi connectivity index (χ1n) is 4.84. The summed E-state index contributed by atoms with van der Waals surface area (Å²) in [5.74, 6) is 0.936. The Labute approximate surface area is 107 Å². The summed E-state index contributed by atoms with van der Waals surface area (Å²) in [6, 6.07) is 17.1. The minimum atomic E-state index is 0. The number of rotatable bonds is 1. The molecule has 1 radical (unpaired) electrons. The first-order valence-corrected chi connectivity index (χ1v) is 4.84. The van der Waals surface area contributed by atoms with Gasteiger partial charge in [-0.15, -0.1) is 35.9 Å². The normalized spacial score (nSPS) is 10.0. The molecule has 81 valence electrons. The van der Waals surface area contributed by atoms with Crippen molar-refractivity contribution in [3.63, 3.8) is 0 Å². The standard InChI is InChI=1S/C13H9N2.Ir/c1-2-6-11(7-3-1)13-14-10-12-8-4-5-9-15(12)13;/h1-6,8-10H;/q-1;. The molecular weight excluding hydrogens is 376 g/mol. The van der Waals surface area contributed by atoms with Gasteiger partial charge in [0.15, 0.2) is 0 Å². The zero-order valence-electron chi connectivity index (χ0n) is 8.42. The predicted octanol–water partition coefficient (Wildman–Crippen LogP) is 2.80. The maximum absolute atomic E-state index is 4.40. The Morgan fingerprint density at radius 1 is 1.06 bits per heavy atom. The second-order valence-corrected chi connectivity index (χ2v) is 3.35. The number of pyridine rings is 1. The summed E-state index contributed by atoms with van der Waals surface area (Å²) in [5, 5.41) is 0. The number of hydrogen-bond donors (Lipinski definition) is 0. The van der Waals surface area contributed by atoms with Crippen LogP contribution in [-0.2, 0) is 20.1 Å². The van der Waals surface area contributed by atoms with Crippen LogP contribution in [0.25, 0.3) is 16.9 Å². The average Bonchev–Trinajstić information content (AvgIpc) is 2.74. The van der Waals surface area contributed by atoms with Gasteiger partial charge in [0.1, 0.15) is 0 Å². The van der Waals surface area contributed by atoms with E-state index in [1.54, 1.807) is 0 Å². The molecule has 1 aromatic carbocycles. The van der Waals surface area contributed by atoms with Gasteiger partial charge in [-0.1, -0.05) is 6.07 Å². The summed E-state index contributed by atoms with van der Waals surface area (Å²) >= 11 is 0. The molecule has 2 aromatic heterocycles. The Morgan fingerprint density at radius 2 is 1.94 bits per heavy atom. The Bertz CT molecular complexity index is 587.